The third kappa shape index (κ3) is 3.38. The highest BCUT2D eigenvalue weighted by Crippen LogP contribution is 2.26. The van der Waals surface area contributed by atoms with Gasteiger partial charge in [-0.25, -0.2) is 4.57 Å². The maximum atomic E-state index is 13.5. The molecule has 3 heterocycles. The lowest BCUT2D eigenvalue weighted by molar-refractivity contribution is 0.362. The van der Waals surface area contributed by atoms with E-state index in [4.69, 9.17) is 4.52 Å². The van der Waals surface area contributed by atoms with E-state index in [2.05, 4.69) is 26.4 Å². The van der Waals surface area contributed by atoms with E-state index in [9.17, 15) is 4.79 Å². The van der Waals surface area contributed by atoms with Gasteiger partial charge in [0.25, 0.3) is 5.56 Å². The van der Waals surface area contributed by atoms with Crippen molar-refractivity contribution in [1.82, 2.24) is 29.3 Å². The van der Waals surface area contributed by atoms with E-state index in [1.807, 2.05) is 68.5 Å². The minimum Gasteiger partial charge on any atom is -0.339 e. The predicted octanol–water partition coefficient (Wildman–Crippen LogP) is 4.45. The van der Waals surface area contributed by atoms with Gasteiger partial charge in [-0.1, -0.05) is 60.6 Å². The van der Waals surface area contributed by atoms with Crippen molar-refractivity contribution in [2.45, 2.75) is 44.5 Å². The van der Waals surface area contributed by atoms with Crippen LogP contribution in [0.4, 0.5) is 0 Å². The highest BCUT2D eigenvalue weighted by atomic mass is 32.2. The van der Waals surface area contributed by atoms with Gasteiger partial charge in [0.05, 0.1) is 22.3 Å². The largest absolute Gasteiger partial charge is 0.339 e. The summed E-state index contributed by atoms with van der Waals surface area (Å²) in [7, 11) is 0. The van der Waals surface area contributed by atoms with Crippen LogP contribution in [0.25, 0.3) is 22.4 Å². The second-order valence-electron chi connectivity index (χ2n) is 8.06. The van der Waals surface area contributed by atoms with E-state index in [0.29, 0.717) is 33.8 Å². The van der Waals surface area contributed by atoms with Crippen LogP contribution >= 0.6 is 11.8 Å². The molecule has 0 atom stereocenters. The Bertz CT molecular complexity index is 1510. The van der Waals surface area contributed by atoms with Gasteiger partial charge >= 0.3 is 0 Å². The first-order valence-corrected chi connectivity index (χ1v) is 11.3. The zero-order valence-corrected chi connectivity index (χ0v) is 19.1. The van der Waals surface area contributed by atoms with Crippen LogP contribution in [-0.2, 0) is 5.75 Å². The van der Waals surface area contributed by atoms with Crippen LogP contribution < -0.4 is 5.56 Å². The minimum atomic E-state index is -0.122. The van der Waals surface area contributed by atoms with Crippen LogP contribution in [0.15, 0.2) is 56.9 Å². The number of rotatable bonds is 5. The Kier molecular flexibility index (Phi) is 5.05. The van der Waals surface area contributed by atoms with Crippen molar-refractivity contribution in [3.63, 3.8) is 0 Å². The van der Waals surface area contributed by atoms with Crippen LogP contribution in [0.2, 0.25) is 0 Å². The van der Waals surface area contributed by atoms with Gasteiger partial charge in [0.1, 0.15) is 0 Å². The molecule has 0 fully saturated rings. The number of aryl methyl sites for hydroxylation is 2. The van der Waals surface area contributed by atoms with Gasteiger partial charge in [-0.2, -0.15) is 4.98 Å². The smallest absolute Gasteiger partial charge is 0.267 e. The second-order valence-corrected chi connectivity index (χ2v) is 9.00. The molecule has 0 amide bonds. The molecule has 0 saturated heterocycles. The molecule has 3 aromatic heterocycles. The molecule has 162 valence electrons. The fourth-order valence-electron chi connectivity index (χ4n) is 3.74. The maximum Gasteiger partial charge on any atom is 0.267 e. The summed E-state index contributed by atoms with van der Waals surface area (Å²) >= 11 is 1.45. The van der Waals surface area contributed by atoms with Gasteiger partial charge in [-0.05, 0) is 37.6 Å². The van der Waals surface area contributed by atoms with Crippen molar-refractivity contribution in [3.05, 3.63) is 75.7 Å². The lowest BCUT2D eigenvalue weighted by Crippen LogP contribution is -2.22. The molecule has 0 aliphatic rings. The number of fused-ring (bicyclic) bond motifs is 3. The van der Waals surface area contributed by atoms with Crippen LogP contribution in [0.1, 0.15) is 42.6 Å². The van der Waals surface area contributed by atoms with E-state index in [0.717, 1.165) is 22.3 Å². The molecule has 0 aliphatic carbocycles. The summed E-state index contributed by atoms with van der Waals surface area (Å²) < 4.78 is 8.87. The summed E-state index contributed by atoms with van der Waals surface area (Å²) in [4.78, 5) is 17.9. The topological polar surface area (TPSA) is 91.1 Å². The SMILES string of the molecule is Cc1ccc(-n2c(=O)c3ccccc3n3c(SCc4noc(C(C)C)n4)nnc23)c(C)c1. The average molecular weight is 447 g/mol. The Hall–Kier alpha value is -3.46. The van der Waals surface area contributed by atoms with Gasteiger partial charge in [0.15, 0.2) is 11.0 Å². The fraction of sp³-hybridized carbons (Fsp3) is 0.261. The Morgan fingerprint density at radius 2 is 1.91 bits per heavy atom. The summed E-state index contributed by atoms with van der Waals surface area (Å²) in [6.07, 6.45) is 0. The number of hydrogen-bond donors (Lipinski definition) is 0. The van der Waals surface area contributed by atoms with E-state index in [-0.39, 0.29) is 11.5 Å². The first-order chi connectivity index (χ1) is 15.4. The van der Waals surface area contributed by atoms with Crippen molar-refractivity contribution in [3.8, 4) is 5.69 Å². The van der Waals surface area contributed by atoms with E-state index in [1.165, 1.54) is 11.8 Å². The van der Waals surface area contributed by atoms with Crippen molar-refractivity contribution < 1.29 is 4.52 Å². The van der Waals surface area contributed by atoms with Gasteiger partial charge < -0.3 is 4.52 Å². The Labute approximate surface area is 188 Å². The molecule has 0 unspecified atom stereocenters. The Balaban J connectivity index is 1.68. The molecule has 8 nitrogen and oxygen atoms in total. The first-order valence-electron chi connectivity index (χ1n) is 10.4. The molecule has 0 spiro atoms. The molecular weight excluding hydrogens is 424 g/mol. The molecule has 9 heteroatoms. The highest BCUT2D eigenvalue weighted by molar-refractivity contribution is 7.98. The zero-order chi connectivity index (χ0) is 22.4. The van der Waals surface area contributed by atoms with Crippen LogP contribution in [-0.4, -0.2) is 29.3 Å². The number of para-hydroxylation sites is 1. The predicted molar refractivity (Wildman–Crippen MR) is 124 cm³/mol. The van der Waals surface area contributed by atoms with Crippen molar-refractivity contribution in [2.75, 3.05) is 0 Å². The molecule has 0 N–H and O–H groups in total. The van der Waals surface area contributed by atoms with Crippen molar-refractivity contribution in [1.29, 1.82) is 0 Å². The number of nitrogens with zero attached hydrogens (tertiary/aromatic N) is 6. The van der Waals surface area contributed by atoms with Gasteiger partial charge in [0.2, 0.25) is 11.7 Å². The average Bonchev–Trinajstić information content (AvgIpc) is 3.41. The fourth-order valence-corrected chi connectivity index (χ4v) is 4.52. The summed E-state index contributed by atoms with van der Waals surface area (Å²) in [5.41, 5.74) is 3.56. The number of hydrogen-bond acceptors (Lipinski definition) is 7. The Morgan fingerprint density at radius 1 is 1.09 bits per heavy atom. The van der Waals surface area contributed by atoms with E-state index in [1.54, 1.807) is 4.57 Å². The molecule has 32 heavy (non-hydrogen) atoms. The minimum absolute atomic E-state index is 0.122. The van der Waals surface area contributed by atoms with Gasteiger partial charge in [-0.3, -0.25) is 9.20 Å². The standard InChI is InChI=1S/C23H22N6O2S/c1-13(2)20-24-19(27-31-20)12-32-23-26-25-22-28(17-10-9-14(3)11-15(17)4)21(30)16-7-5-6-8-18(16)29(22)23/h5-11,13H,12H2,1-4H3. The number of aromatic nitrogens is 6. The van der Waals surface area contributed by atoms with Crippen molar-refractivity contribution in [2.24, 2.45) is 0 Å². The molecule has 5 aromatic rings. The quantitative estimate of drug-likeness (QED) is 0.368. The monoisotopic (exact) mass is 446 g/mol. The van der Waals surface area contributed by atoms with E-state index < -0.39 is 0 Å². The molecule has 5 rings (SSSR count). The lowest BCUT2D eigenvalue weighted by Gasteiger charge is -2.13. The molecular formula is C23H22N6O2S. The van der Waals surface area contributed by atoms with Gasteiger partial charge in [0, 0.05) is 5.92 Å². The first kappa shape index (κ1) is 20.4. The third-order valence-corrected chi connectivity index (χ3v) is 6.22. The molecule has 0 bridgehead atoms. The normalized spacial score (nSPS) is 11.8. The highest BCUT2D eigenvalue weighted by Gasteiger charge is 2.19. The Morgan fingerprint density at radius 3 is 2.66 bits per heavy atom. The maximum absolute atomic E-state index is 13.5. The molecule has 0 radical (unpaired) electrons. The van der Waals surface area contributed by atoms with Crippen LogP contribution in [0.3, 0.4) is 0 Å². The van der Waals surface area contributed by atoms with E-state index >= 15 is 0 Å². The molecule has 0 saturated carbocycles. The summed E-state index contributed by atoms with van der Waals surface area (Å²) in [5.74, 6) is 2.34. The summed E-state index contributed by atoms with van der Waals surface area (Å²) in [5, 5.41) is 14.1. The lowest BCUT2D eigenvalue weighted by atomic mass is 10.1. The second kappa shape index (κ2) is 7.90. The van der Waals surface area contributed by atoms with Gasteiger partial charge in [-0.15, -0.1) is 10.2 Å². The number of thioether (sulfide) groups is 1. The van der Waals surface area contributed by atoms with Crippen LogP contribution in [0.5, 0.6) is 0 Å². The summed E-state index contributed by atoms with van der Waals surface area (Å²) in [6.45, 7) is 8.04. The number of benzene rings is 2. The molecule has 0 aliphatic heterocycles. The third-order valence-electron chi connectivity index (χ3n) is 5.30. The molecule has 2 aromatic carbocycles. The van der Waals surface area contributed by atoms with Crippen molar-refractivity contribution >= 4 is 28.4 Å². The van der Waals surface area contributed by atoms with Crippen LogP contribution in [0, 0.1) is 13.8 Å². The summed E-state index contributed by atoms with van der Waals surface area (Å²) in [6, 6.07) is 13.5. The zero-order valence-electron chi connectivity index (χ0n) is 18.2.